The summed E-state index contributed by atoms with van der Waals surface area (Å²) in [4.78, 5) is 8.69. The Kier molecular flexibility index (Phi) is 2.94. The van der Waals surface area contributed by atoms with E-state index in [0.29, 0.717) is 5.92 Å². The van der Waals surface area contributed by atoms with Gasteiger partial charge in [-0.05, 0) is 28.8 Å². The van der Waals surface area contributed by atoms with Crippen LogP contribution in [0.2, 0.25) is 0 Å². The van der Waals surface area contributed by atoms with E-state index < -0.39 is 0 Å². The smallest absolute Gasteiger partial charge is 0.131 e. The first-order valence-corrected chi connectivity index (χ1v) is 5.63. The normalized spacial score (nSPS) is 18.8. The second-order valence-electron chi connectivity index (χ2n) is 3.59. The van der Waals surface area contributed by atoms with Crippen LogP contribution in [0.4, 0.5) is 0 Å². The maximum Gasteiger partial charge on any atom is 0.131 e. The Labute approximate surface area is 86.9 Å². The minimum Gasteiger partial charge on any atom is -0.240 e. The number of nitrogens with zero attached hydrogens (tertiary/aromatic N) is 2. The number of hydrogen-bond donors (Lipinski definition) is 0. The van der Waals surface area contributed by atoms with Crippen LogP contribution in [0.1, 0.15) is 43.8 Å². The maximum atomic E-state index is 4.34. The van der Waals surface area contributed by atoms with Crippen LogP contribution in [0, 0.1) is 0 Å². The van der Waals surface area contributed by atoms with Gasteiger partial charge < -0.3 is 0 Å². The standard InChI is InChI=1S/C10H13BrN2/c11-9-6-12-10(13-7-9)8-4-2-1-3-5-8/h6-8H,1-5H2. The van der Waals surface area contributed by atoms with Crippen molar-refractivity contribution >= 4 is 15.9 Å². The van der Waals surface area contributed by atoms with E-state index in [1.807, 2.05) is 12.4 Å². The highest BCUT2D eigenvalue weighted by atomic mass is 79.9. The van der Waals surface area contributed by atoms with E-state index in [0.717, 1.165) is 10.3 Å². The molecule has 0 aliphatic heterocycles. The summed E-state index contributed by atoms with van der Waals surface area (Å²) in [5.74, 6) is 1.64. The molecule has 2 rings (SSSR count). The van der Waals surface area contributed by atoms with Gasteiger partial charge in [0.2, 0.25) is 0 Å². The van der Waals surface area contributed by atoms with Gasteiger partial charge in [-0.1, -0.05) is 19.3 Å². The van der Waals surface area contributed by atoms with Gasteiger partial charge >= 0.3 is 0 Å². The van der Waals surface area contributed by atoms with Crippen LogP contribution in [0.25, 0.3) is 0 Å². The molecule has 13 heavy (non-hydrogen) atoms. The number of halogens is 1. The lowest BCUT2D eigenvalue weighted by molar-refractivity contribution is 0.428. The largest absolute Gasteiger partial charge is 0.240 e. The third-order valence-electron chi connectivity index (χ3n) is 2.61. The highest BCUT2D eigenvalue weighted by molar-refractivity contribution is 9.10. The van der Waals surface area contributed by atoms with E-state index >= 15 is 0 Å². The van der Waals surface area contributed by atoms with Gasteiger partial charge in [-0.2, -0.15) is 0 Å². The van der Waals surface area contributed by atoms with Crippen molar-refractivity contribution in [2.45, 2.75) is 38.0 Å². The van der Waals surface area contributed by atoms with Crippen molar-refractivity contribution in [3.05, 3.63) is 22.7 Å². The van der Waals surface area contributed by atoms with Gasteiger partial charge in [0.15, 0.2) is 0 Å². The number of rotatable bonds is 1. The third-order valence-corrected chi connectivity index (χ3v) is 3.02. The molecule has 0 aromatic carbocycles. The van der Waals surface area contributed by atoms with E-state index in [4.69, 9.17) is 0 Å². The molecule has 0 amide bonds. The Bertz CT molecular complexity index is 265. The van der Waals surface area contributed by atoms with Crippen LogP contribution in [0.3, 0.4) is 0 Å². The summed E-state index contributed by atoms with van der Waals surface area (Å²) in [5, 5.41) is 0. The van der Waals surface area contributed by atoms with Crippen molar-refractivity contribution < 1.29 is 0 Å². The molecule has 1 aromatic rings. The molecule has 1 aliphatic rings. The first-order valence-electron chi connectivity index (χ1n) is 4.84. The molecule has 70 valence electrons. The van der Waals surface area contributed by atoms with Crippen molar-refractivity contribution in [3.8, 4) is 0 Å². The molecule has 0 unspecified atom stereocenters. The lowest BCUT2D eigenvalue weighted by atomic mass is 9.89. The van der Waals surface area contributed by atoms with Crippen molar-refractivity contribution in [1.82, 2.24) is 9.97 Å². The van der Waals surface area contributed by atoms with E-state index in [1.165, 1.54) is 32.1 Å². The topological polar surface area (TPSA) is 25.8 Å². The van der Waals surface area contributed by atoms with Gasteiger partial charge in [0.25, 0.3) is 0 Å². The number of hydrogen-bond acceptors (Lipinski definition) is 2. The Morgan fingerprint density at radius 1 is 1.08 bits per heavy atom. The SMILES string of the molecule is Brc1cnc(C2CCCCC2)nc1. The van der Waals surface area contributed by atoms with Crippen LogP contribution in [0.15, 0.2) is 16.9 Å². The second kappa shape index (κ2) is 4.18. The average molecular weight is 241 g/mol. The molecule has 1 fully saturated rings. The molecule has 0 bridgehead atoms. The summed E-state index contributed by atoms with van der Waals surface area (Å²) in [6, 6.07) is 0. The van der Waals surface area contributed by atoms with Crippen molar-refractivity contribution in [1.29, 1.82) is 0 Å². The third kappa shape index (κ3) is 2.27. The zero-order valence-corrected chi connectivity index (χ0v) is 9.13. The lowest BCUT2D eigenvalue weighted by Gasteiger charge is -2.19. The molecule has 0 saturated heterocycles. The minimum absolute atomic E-state index is 0.613. The first kappa shape index (κ1) is 9.13. The molecule has 1 aliphatic carbocycles. The van der Waals surface area contributed by atoms with E-state index in [9.17, 15) is 0 Å². The molecule has 0 N–H and O–H groups in total. The van der Waals surface area contributed by atoms with Crippen LogP contribution in [-0.2, 0) is 0 Å². The first-order chi connectivity index (χ1) is 6.36. The van der Waals surface area contributed by atoms with Crippen molar-refractivity contribution in [2.75, 3.05) is 0 Å². The fourth-order valence-corrected chi connectivity index (χ4v) is 2.10. The van der Waals surface area contributed by atoms with Gasteiger partial charge in [-0.15, -0.1) is 0 Å². The fourth-order valence-electron chi connectivity index (χ4n) is 1.89. The van der Waals surface area contributed by atoms with Crippen LogP contribution in [0.5, 0.6) is 0 Å². The van der Waals surface area contributed by atoms with Gasteiger partial charge in [-0.3, -0.25) is 0 Å². The molecular formula is C10H13BrN2. The second-order valence-corrected chi connectivity index (χ2v) is 4.51. The molecule has 1 heterocycles. The maximum absolute atomic E-state index is 4.34. The summed E-state index contributed by atoms with van der Waals surface area (Å²) >= 11 is 3.34. The van der Waals surface area contributed by atoms with E-state index in [2.05, 4.69) is 25.9 Å². The van der Waals surface area contributed by atoms with Gasteiger partial charge in [-0.25, -0.2) is 9.97 Å². The summed E-state index contributed by atoms with van der Waals surface area (Å²) in [5.41, 5.74) is 0. The molecule has 2 nitrogen and oxygen atoms in total. The predicted octanol–water partition coefficient (Wildman–Crippen LogP) is 3.29. The zero-order valence-electron chi connectivity index (χ0n) is 7.54. The Hall–Kier alpha value is -0.440. The van der Waals surface area contributed by atoms with Crippen molar-refractivity contribution in [2.24, 2.45) is 0 Å². The monoisotopic (exact) mass is 240 g/mol. The van der Waals surface area contributed by atoms with Gasteiger partial charge in [0, 0.05) is 18.3 Å². The molecule has 1 aromatic heterocycles. The average Bonchev–Trinajstić information content (AvgIpc) is 2.20. The van der Waals surface area contributed by atoms with Crippen LogP contribution < -0.4 is 0 Å². The molecular weight excluding hydrogens is 228 g/mol. The molecule has 0 radical (unpaired) electrons. The summed E-state index contributed by atoms with van der Waals surface area (Å²) in [6.07, 6.45) is 10.3. The highest BCUT2D eigenvalue weighted by Crippen LogP contribution is 2.30. The lowest BCUT2D eigenvalue weighted by Crippen LogP contribution is -2.08. The van der Waals surface area contributed by atoms with Gasteiger partial charge in [0.05, 0.1) is 4.47 Å². The van der Waals surface area contributed by atoms with Crippen LogP contribution >= 0.6 is 15.9 Å². The summed E-state index contributed by atoms with van der Waals surface area (Å²) in [6.45, 7) is 0. The Morgan fingerprint density at radius 3 is 2.31 bits per heavy atom. The summed E-state index contributed by atoms with van der Waals surface area (Å²) < 4.78 is 0.965. The molecule has 3 heteroatoms. The van der Waals surface area contributed by atoms with Crippen LogP contribution in [-0.4, -0.2) is 9.97 Å². The highest BCUT2D eigenvalue weighted by Gasteiger charge is 2.17. The minimum atomic E-state index is 0.613. The summed E-state index contributed by atoms with van der Waals surface area (Å²) in [7, 11) is 0. The van der Waals surface area contributed by atoms with Crippen molar-refractivity contribution in [3.63, 3.8) is 0 Å². The van der Waals surface area contributed by atoms with E-state index in [1.54, 1.807) is 0 Å². The Morgan fingerprint density at radius 2 is 1.69 bits per heavy atom. The zero-order chi connectivity index (χ0) is 9.10. The molecule has 0 spiro atoms. The number of aromatic nitrogens is 2. The molecule has 1 saturated carbocycles. The van der Waals surface area contributed by atoms with Gasteiger partial charge in [0.1, 0.15) is 5.82 Å². The molecule has 0 atom stereocenters. The Balaban J connectivity index is 2.10. The fraction of sp³-hybridized carbons (Fsp3) is 0.600. The predicted molar refractivity (Wildman–Crippen MR) is 55.6 cm³/mol. The van der Waals surface area contributed by atoms with E-state index in [-0.39, 0.29) is 0 Å². The quantitative estimate of drug-likeness (QED) is 0.753.